The third-order valence-electron chi connectivity index (χ3n) is 3.71. The lowest BCUT2D eigenvalue weighted by atomic mass is 9.90. The normalized spacial score (nSPS) is 17.3. The first-order valence-electron chi connectivity index (χ1n) is 6.88. The Morgan fingerprint density at radius 3 is 2.30 bits per heavy atom. The zero-order chi connectivity index (χ0) is 14.6. The standard InChI is InChI=1S/C14H19Cl2NO2S/c15-13-7-4-8-14(16)12(13)10-20(18,19)17-9-11-5-2-1-3-6-11/h4,7-8,11,17H,1-3,5-6,9-10H2. The van der Waals surface area contributed by atoms with E-state index in [2.05, 4.69) is 4.72 Å². The van der Waals surface area contributed by atoms with E-state index in [1.165, 1.54) is 19.3 Å². The Kier molecular flexibility index (Phi) is 5.73. The number of nitrogens with one attached hydrogen (secondary N) is 1. The second kappa shape index (κ2) is 7.12. The number of hydrogen-bond donors (Lipinski definition) is 1. The molecular formula is C14H19Cl2NO2S. The highest BCUT2D eigenvalue weighted by Crippen LogP contribution is 2.26. The van der Waals surface area contributed by atoms with Crippen LogP contribution in [-0.2, 0) is 15.8 Å². The molecule has 1 aromatic carbocycles. The lowest BCUT2D eigenvalue weighted by Gasteiger charge is -2.21. The van der Waals surface area contributed by atoms with Crippen molar-refractivity contribution >= 4 is 33.2 Å². The van der Waals surface area contributed by atoms with Crippen molar-refractivity contribution in [1.29, 1.82) is 0 Å². The summed E-state index contributed by atoms with van der Waals surface area (Å²) in [4.78, 5) is 0. The summed E-state index contributed by atoms with van der Waals surface area (Å²) < 4.78 is 26.9. The minimum atomic E-state index is -3.40. The summed E-state index contributed by atoms with van der Waals surface area (Å²) in [7, 11) is -3.40. The number of hydrogen-bond acceptors (Lipinski definition) is 2. The molecule has 0 radical (unpaired) electrons. The quantitative estimate of drug-likeness (QED) is 0.884. The lowest BCUT2D eigenvalue weighted by molar-refractivity contribution is 0.357. The maximum atomic E-state index is 12.1. The van der Waals surface area contributed by atoms with E-state index in [4.69, 9.17) is 23.2 Å². The maximum absolute atomic E-state index is 12.1. The molecule has 1 aliphatic carbocycles. The second-order valence-corrected chi connectivity index (χ2v) is 7.93. The van der Waals surface area contributed by atoms with Crippen molar-refractivity contribution in [3.63, 3.8) is 0 Å². The topological polar surface area (TPSA) is 46.2 Å². The summed E-state index contributed by atoms with van der Waals surface area (Å²) in [5.74, 6) is 0.290. The average Bonchev–Trinajstić information content (AvgIpc) is 2.42. The first-order chi connectivity index (χ1) is 9.48. The minimum absolute atomic E-state index is 0.168. The zero-order valence-corrected chi connectivity index (χ0v) is 13.6. The molecule has 0 aromatic heterocycles. The largest absolute Gasteiger partial charge is 0.215 e. The smallest absolute Gasteiger partial charge is 0.215 e. The van der Waals surface area contributed by atoms with Gasteiger partial charge in [0.15, 0.2) is 0 Å². The summed E-state index contributed by atoms with van der Waals surface area (Å²) in [5, 5.41) is 0.779. The molecule has 0 amide bonds. The predicted octanol–water partition coefficient (Wildman–Crippen LogP) is 3.99. The van der Waals surface area contributed by atoms with E-state index < -0.39 is 10.0 Å². The van der Waals surface area contributed by atoms with Crippen LogP contribution in [0.15, 0.2) is 18.2 Å². The van der Waals surface area contributed by atoms with Crippen LogP contribution in [0, 0.1) is 5.92 Å². The fourth-order valence-corrected chi connectivity index (χ4v) is 4.52. The maximum Gasteiger partial charge on any atom is 0.215 e. The van der Waals surface area contributed by atoms with Gasteiger partial charge in [-0.3, -0.25) is 0 Å². The van der Waals surface area contributed by atoms with Crippen molar-refractivity contribution in [3.05, 3.63) is 33.8 Å². The molecule has 0 atom stereocenters. The Labute approximate surface area is 130 Å². The van der Waals surface area contributed by atoms with E-state index in [-0.39, 0.29) is 5.75 Å². The van der Waals surface area contributed by atoms with Gasteiger partial charge < -0.3 is 0 Å². The molecule has 1 saturated carbocycles. The summed E-state index contributed by atoms with van der Waals surface area (Å²) >= 11 is 12.0. The van der Waals surface area contributed by atoms with Crippen molar-refractivity contribution in [2.75, 3.05) is 6.54 Å². The third kappa shape index (κ3) is 4.62. The number of sulfonamides is 1. The highest BCUT2D eigenvalue weighted by atomic mass is 35.5. The molecule has 2 rings (SSSR count). The van der Waals surface area contributed by atoms with Gasteiger partial charge in [-0.05, 0) is 30.9 Å². The van der Waals surface area contributed by atoms with E-state index in [0.29, 0.717) is 28.1 Å². The molecule has 112 valence electrons. The van der Waals surface area contributed by atoms with E-state index >= 15 is 0 Å². The second-order valence-electron chi connectivity index (χ2n) is 5.31. The van der Waals surface area contributed by atoms with Gasteiger partial charge in [0.05, 0.1) is 5.75 Å². The monoisotopic (exact) mass is 335 g/mol. The fraction of sp³-hybridized carbons (Fsp3) is 0.571. The van der Waals surface area contributed by atoms with E-state index in [0.717, 1.165) is 12.8 Å². The van der Waals surface area contributed by atoms with Gasteiger partial charge in [-0.15, -0.1) is 0 Å². The van der Waals surface area contributed by atoms with Crippen LogP contribution in [-0.4, -0.2) is 15.0 Å². The van der Waals surface area contributed by atoms with E-state index in [1.807, 2.05) is 0 Å². The predicted molar refractivity (Wildman–Crippen MR) is 83.7 cm³/mol. The van der Waals surface area contributed by atoms with Crippen LogP contribution in [0.25, 0.3) is 0 Å². The molecule has 0 saturated heterocycles. The zero-order valence-electron chi connectivity index (χ0n) is 11.2. The lowest BCUT2D eigenvalue weighted by Crippen LogP contribution is -2.31. The van der Waals surface area contributed by atoms with Crippen LogP contribution < -0.4 is 4.72 Å². The molecule has 1 aromatic rings. The Morgan fingerprint density at radius 1 is 1.10 bits per heavy atom. The van der Waals surface area contributed by atoms with E-state index in [1.54, 1.807) is 18.2 Å². The summed E-state index contributed by atoms with van der Waals surface area (Å²) in [6.45, 7) is 0.518. The van der Waals surface area contributed by atoms with Gasteiger partial charge in [-0.25, -0.2) is 13.1 Å². The summed E-state index contributed by atoms with van der Waals surface area (Å²) in [6, 6.07) is 5.01. The minimum Gasteiger partial charge on any atom is -0.215 e. The molecule has 0 aliphatic heterocycles. The highest BCUT2D eigenvalue weighted by Gasteiger charge is 2.19. The first kappa shape index (κ1) is 16.1. The van der Waals surface area contributed by atoms with Gasteiger partial charge in [0.25, 0.3) is 0 Å². The molecule has 0 spiro atoms. The SMILES string of the molecule is O=S(=O)(Cc1c(Cl)cccc1Cl)NCC1CCCCC1. The van der Waals surface area contributed by atoms with Crippen molar-refractivity contribution in [2.45, 2.75) is 37.9 Å². The Balaban J connectivity index is 1.96. The Hall–Kier alpha value is -0.290. The Bertz CT molecular complexity index is 534. The van der Waals surface area contributed by atoms with Gasteiger partial charge in [0.1, 0.15) is 0 Å². The number of benzene rings is 1. The average molecular weight is 336 g/mol. The molecule has 1 N–H and O–H groups in total. The molecule has 20 heavy (non-hydrogen) atoms. The van der Waals surface area contributed by atoms with Crippen molar-refractivity contribution in [2.24, 2.45) is 5.92 Å². The van der Waals surface area contributed by atoms with Crippen molar-refractivity contribution in [3.8, 4) is 0 Å². The molecular weight excluding hydrogens is 317 g/mol. The van der Waals surface area contributed by atoms with Crippen LogP contribution >= 0.6 is 23.2 Å². The van der Waals surface area contributed by atoms with Gasteiger partial charge in [0, 0.05) is 22.2 Å². The summed E-state index contributed by atoms with van der Waals surface area (Å²) in [5.41, 5.74) is 0.465. The highest BCUT2D eigenvalue weighted by molar-refractivity contribution is 7.88. The summed E-state index contributed by atoms with van der Waals surface area (Å²) in [6.07, 6.45) is 5.87. The van der Waals surface area contributed by atoms with Crippen molar-refractivity contribution < 1.29 is 8.42 Å². The number of rotatable bonds is 5. The third-order valence-corrected chi connectivity index (χ3v) is 5.70. The van der Waals surface area contributed by atoms with Crippen LogP contribution in [0.2, 0.25) is 10.0 Å². The van der Waals surface area contributed by atoms with Crippen LogP contribution in [0.1, 0.15) is 37.7 Å². The Morgan fingerprint density at radius 2 is 1.70 bits per heavy atom. The molecule has 6 heteroatoms. The molecule has 0 unspecified atom stereocenters. The van der Waals surface area contributed by atoms with Gasteiger partial charge in [0.2, 0.25) is 10.0 Å². The van der Waals surface area contributed by atoms with Gasteiger partial charge in [-0.2, -0.15) is 0 Å². The molecule has 0 bridgehead atoms. The molecule has 3 nitrogen and oxygen atoms in total. The van der Waals surface area contributed by atoms with Gasteiger partial charge >= 0.3 is 0 Å². The van der Waals surface area contributed by atoms with Crippen LogP contribution in [0.3, 0.4) is 0 Å². The van der Waals surface area contributed by atoms with Crippen LogP contribution in [0.4, 0.5) is 0 Å². The first-order valence-corrected chi connectivity index (χ1v) is 9.29. The van der Waals surface area contributed by atoms with Gasteiger partial charge in [-0.1, -0.05) is 48.5 Å². The van der Waals surface area contributed by atoms with Crippen LogP contribution in [0.5, 0.6) is 0 Å². The van der Waals surface area contributed by atoms with E-state index in [9.17, 15) is 8.42 Å². The molecule has 1 aliphatic rings. The molecule has 0 heterocycles. The number of halogens is 2. The van der Waals surface area contributed by atoms with Crippen molar-refractivity contribution in [1.82, 2.24) is 4.72 Å². The fourth-order valence-electron chi connectivity index (χ4n) is 2.55. The molecule has 1 fully saturated rings.